The summed E-state index contributed by atoms with van der Waals surface area (Å²) in [5, 5.41) is 15.0. The van der Waals surface area contributed by atoms with Crippen molar-refractivity contribution in [3.8, 4) is 0 Å². The normalized spacial score (nSPS) is 11.3. The lowest BCUT2D eigenvalue weighted by molar-refractivity contribution is -0.389. The molecular formula is C19H15BrN4O4. The number of rotatable bonds is 6. The lowest BCUT2D eigenvalue weighted by Gasteiger charge is -2.08. The fourth-order valence-corrected chi connectivity index (χ4v) is 2.70. The Balaban J connectivity index is 1.90. The first-order valence-corrected chi connectivity index (χ1v) is 9.00. The van der Waals surface area contributed by atoms with Crippen LogP contribution in [0.2, 0.25) is 0 Å². The van der Waals surface area contributed by atoms with E-state index in [2.05, 4.69) is 26.1 Å². The molecule has 0 spiro atoms. The van der Waals surface area contributed by atoms with E-state index in [9.17, 15) is 14.9 Å². The number of halogens is 1. The maximum absolute atomic E-state index is 12.2. The highest BCUT2D eigenvalue weighted by Crippen LogP contribution is 2.15. The number of hydrogen-bond donors (Lipinski definition) is 0. The molecule has 0 aliphatic heterocycles. The van der Waals surface area contributed by atoms with E-state index in [4.69, 9.17) is 4.84 Å². The molecule has 1 heterocycles. The van der Waals surface area contributed by atoms with Gasteiger partial charge in [-0.2, -0.15) is 0 Å². The zero-order valence-corrected chi connectivity index (χ0v) is 16.4. The van der Waals surface area contributed by atoms with Gasteiger partial charge in [-0.15, -0.1) is 0 Å². The van der Waals surface area contributed by atoms with E-state index in [1.807, 2.05) is 12.1 Å². The van der Waals surface area contributed by atoms with Crippen molar-refractivity contribution in [1.82, 2.24) is 9.55 Å². The Kier molecular flexibility index (Phi) is 5.95. The summed E-state index contributed by atoms with van der Waals surface area (Å²) in [7, 11) is 0. The maximum Gasteiger partial charge on any atom is 0.381 e. The zero-order valence-electron chi connectivity index (χ0n) is 14.8. The van der Waals surface area contributed by atoms with E-state index in [0.29, 0.717) is 22.7 Å². The second-order valence-electron chi connectivity index (χ2n) is 5.82. The second kappa shape index (κ2) is 8.57. The molecule has 0 radical (unpaired) electrons. The predicted molar refractivity (Wildman–Crippen MR) is 106 cm³/mol. The molecule has 142 valence electrons. The van der Waals surface area contributed by atoms with Crippen molar-refractivity contribution >= 4 is 33.4 Å². The fraction of sp³-hybridized carbons (Fsp3) is 0.105. The summed E-state index contributed by atoms with van der Waals surface area (Å²) in [6.45, 7) is 1.80. The highest BCUT2D eigenvalue weighted by Gasteiger charge is 2.18. The first-order valence-electron chi connectivity index (χ1n) is 8.21. The second-order valence-corrected chi connectivity index (χ2v) is 6.74. The van der Waals surface area contributed by atoms with Crippen molar-refractivity contribution in [2.75, 3.05) is 0 Å². The molecule has 0 atom stereocenters. The molecule has 3 rings (SSSR count). The lowest BCUT2D eigenvalue weighted by atomic mass is 10.1. The molecule has 28 heavy (non-hydrogen) atoms. The Bertz CT molecular complexity index is 1030. The molecule has 0 saturated carbocycles. The van der Waals surface area contributed by atoms with Crippen LogP contribution in [0.5, 0.6) is 0 Å². The third-order valence-electron chi connectivity index (χ3n) is 3.90. The van der Waals surface area contributed by atoms with Gasteiger partial charge in [0.05, 0.1) is 12.1 Å². The van der Waals surface area contributed by atoms with Crippen LogP contribution in [0.25, 0.3) is 0 Å². The van der Waals surface area contributed by atoms with Gasteiger partial charge >= 0.3 is 11.8 Å². The lowest BCUT2D eigenvalue weighted by Crippen LogP contribution is -2.14. The van der Waals surface area contributed by atoms with E-state index in [1.165, 1.54) is 6.20 Å². The molecule has 0 saturated heterocycles. The Labute approximate surface area is 168 Å². The first-order chi connectivity index (χ1) is 13.4. The number of carbonyl (C=O) groups is 1. The van der Waals surface area contributed by atoms with Gasteiger partial charge in [0, 0.05) is 17.0 Å². The van der Waals surface area contributed by atoms with Crippen molar-refractivity contribution in [1.29, 1.82) is 0 Å². The molecule has 9 heteroatoms. The fourth-order valence-electron chi connectivity index (χ4n) is 2.44. The average Bonchev–Trinajstić information content (AvgIpc) is 3.07. The Morgan fingerprint density at radius 2 is 1.86 bits per heavy atom. The summed E-state index contributed by atoms with van der Waals surface area (Å²) in [4.78, 5) is 31.6. The van der Waals surface area contributed by atoms with Crippen LogP contribution in [0.4, 0.5) is 5.82 Å². The van der Waals surface area contributed by atoms with Crippen LogP contribution < -0.4 is 0 Å². The monoisotopic (exact) mass is 442 g/mol. The van der Waals surface area contributed by atoms with Crippen molar-refractivity contribution < 1.29 is 14.6 Å². The van der Waals surface area contributed by atoms with Gasteiger partial charge < -0.3 is 19.5 Å². The Hall–Kier alpha value is -3.33. The van der Waals surface area contributed by atoms with Gasteiger partial charge in [-0.05, 0) is 34.2 Å². The summed E-state index contributed by atoms with van der Waals surface area (Å²) in [5.41, 5.74) is 1.50. The standard InChI is InChI=1S/C19H15BrN4O4/c1-13-21-18(24(26)27)12-23(13)11-17(14-7-9-16(20)10-8-14)22-28-19(25)15-5-3-2-4-6-15/h2-10,12H,11H2,1H3/b22-17-. The summed E-state index contributed by atoms with van der Waals surface area (Å²) < 4.78 is 2.46. The molecule has 0 aliphatic rings. The number of carbonyl (C=O) groups excluding carboxylic acids is 1. The van der Waals surface area contributed by atoms with Crippen LogP contribution in [0, 0.1) is 17.0 Å². The molecule has 8 nitrogen and oxygen atoms in total. The zero-order chi connectivity index (χ0) is 20.1. The van der Waals surface area contributed by atoms with E-state index in [-0.39, 0.29) is 12.4 Å². The maximum atomic E-state index is 12.2. The van der Waals surface area contributed by atoms with Gasteiger partial charge in [-0.1, -0.05) is 51.4 Å². The molecule has 2 aromatic carbocycles. The van der Waals surface area contributed by atoms with Gasteiger partial charge in [0.25, 0.3) is 0 Å². The number of oxime groups is 1. The van der Waals surface area contributed by atoms with Crippen molar-refractivity contribution in [2.24, 2.45) is 5.16 Å². The number of benzene rings is 2. The average molecular weight is 443 g/mol. The smallest absolute Gasteiger partial charge is 0.358 e. The van der Waals surface area contributed by atoms with Gasteiger partial charge in [0.15, 0.2) is 0 Å². The van der Waals surface area contributed by atoms with Crippen molar-refractivity contribution in [2.45, 2.75) is 13.5 Å². The highest BCUT2D eigenvalue weighted by atomic mass is 79.9. The van der Waals surface area contributed by atoms with Crippen LogP contribution >= 0.6 is 15.9 Å². The molecule has 3 aromatic rings. The summed E-state index contributed by atoms with van der Waals surface area (Å²) in [6, 6.07) is 15.8. The molecule has 0 unspecified atom stereocenters. The molecule has 1 aromatic heterocycles. The van der Waals surface area contributed by atoms with E-state index in [0.717, 1.165) is 4.47 Å². The molecule has 0 fully saturated rings. The van der Waals surface area contributed by atoms with Crippen LogP contribution in [0.3, 0.4) is 0 Å². The van der Waals surface area contributed by atoms with E-state index < -0.39 is 10.9 Å². The molecule has 0 N–H and O–H groups in total. The van der Waals surface area contributed by atoms with Gasteiger partial charge in [0.2, 0.25) is 5.82 Å². The van der Waals surface area contributed by atoms with Crippen molar-refractivity contribution in [3.05, 3.63) is 92.3 Å². The first kappa shape index (κ1) is 19.4. The SMILES string of the molecule is Cc1nc([N+](=O)[O-])cn1C/C(=N/OC(=O)c1ccccc1)c1ccc(Br)cc1. The topological polar surface area (TPSA) is 99.6 Å². The van der Waals surface area contributed by atoms with Gasteiger partial charge in [0.1, 0.15) is 11.9 Å². The van der Waals surface area contributed by atoms with Crippen LogP contribution in [0.15, 0.2) is 70.4 Å². The Morgan fingerprint density at radius 1 is 1.18 bits per heavy atom. The predicted octanol–water partition coefficient (Wildman–Crippen LogP) is 4.12. The van der Waals surface area contributed by atoms with Crippen molar-refractivity contribution in [3.63, 3.8) is 0 Å². The number of hydrogen-bond acceptors (Lipinski definition) is 6. The number of nitrogens with zero attached hydrogens (tertiary/aromatic N) is 4. The molecule has 0 amide bonds. The molecule has 0 bridgehead atoms. The third-order valence-corrected chi connectivity index (χ3v) is 4.42. The van der Waals surface area contributed by atoms with E-state index >= 15 is 0 Å². The summed E-state index contributed by atoms with van der Waals surface area (Å²) >= 11 is 3.37. The largest absolute Gasteiger partial charge is 0.381 e. The van der Waals surface area contributed by atoms with Crippen LogP contribution in [-0.2, 0) is 11.4 Å². The molecular weight excluding hydrogens is 428 g/mol. The summed E-state index contributed by atoms with van der Waals surface area (Å²) in [5.74, 6) is -0.400. The number of imidazole rings is 1. The number of aromatic nitrogens is 2. The quantitative estimate of drug-likeness (QED) is 0.247. The minimum absolute atomic E-state index is 0.149. The van der Waals surface area contributed by atoms with Crippen LogP contribution in [-0.4, -0.2) is 26.2 Å². The van der Waals surface area contributed by atoms with Gasteiger partial charge in [-0.3, -0.25) is 0 Å². The number of aryl methyl sites for hydroxylation is 1. The summed E-state index contributed by atoms with van der Waals surface area (Å²) in [6.07, 6.45) is 1.32. The minimum Gasteiger partial charge on any atom is -0.358 e. The minimum atomic E-state index is -0.594. The highest BCUT2D eigenvalue weighted by molar-refractivity contribution is 9.10. The number of nitro groups is 1. The Morgan fingerprint density at radius 3 is 2.46 bits per heavy atom. The third kappa shape index (κ3) is 4.68. The van der Waals surface area contributed by atoms with E-state index in [1.54, 1.807) is 54.0 Å². The van der Waals surface area contributed by atoms with Crippen LogP contribution in [0.1, 0.15) is 21.7 Å². The van der Waals surface area contributed by atoms with Gasteiger partial charge in [-0.25, -0.2) is 4.79 Å². The molecule has 0 aliphatic carbocycles.